The Balaban J connectivity index is 1.36. The molecule has 4 rings (SSSR count). The number of hydrogen-bond donors (Lipinski definition) is 4. The maximum Gasteiger partial charge on any atom is 0.0749 e. The standard InChI is InChI=1S/C19H36N4O/c1-13-4-6-14(7-5-13)18-16-8-9-20-12-17(16)19(23-22-18)21-11-15-3-2-10-24-15/h13-23H,2-12H2,1H3/t13?,14?,15-,16?,17?,18?,19?/m1/s1. The van der Waals surface area contributed by atoms with Crippen molar-refractivity contribution in [1.29, 1.82) is 0 Å². The Kier molecular flexibility index (Phi) is 5.74. The van der Waals surface area contributed by atoms with Crippen LogP contribution in [0.3, 0.4) is 0 Å². The minimum absolute atomic E-state index is 0.366. The average Bonchev–Trinajstić information content (AvgIpc) is 3.14. The van der Waals surface area contributed by atoms with Gasteiger partial charge in [-0.05, 0) is 56.4 Å². The summed E-state index contributed by atoms with van der Waals surface area (Å²) in [5, 5.41) is 7.39. The molecule has 5 atom stereocenters. The molecule has 0 radical (unpaired) electrons. The van der Waals surface area contributed by atoms with Gasteiger partial charge in [-0.3, -0.25) is 10.7 Å². The minimum Gasteiger partial charge on any atom is -0.377 e. The zero-order valence-corrected chi connectivity index (χ0v) is 15.2. The van der Waals surface area contributed by atoms with Crippen molar-refractivity contribution in [2.75, 3.05) is 26.2 Å². The summed E-state index contributed by atoms with van der Waals surface area (Å²) in [4.78, 5) is 0. The molecule has 1 saturated carbocycles. The number of hydrogen-bond acceptors (Lipinski definition) is 5. The maximum absolute atomic E-state index is 5.78. The van der Waals surface area contributed by atoms with E-state index in [0.29, 0.717) is 24.2 Å². The Morgan fingerprint density at radius 1 is 1.00 bits per heavy atom. The van der Waals surface area contributed by atoms with Gasteiger partial charge in [0.2, 0.25) is 0 Å². The van der Waals surface area contributed by atoms with E-state index in [1.54, 1.807) is 0 Å². The van der Waals surface area contributed by atoms with Crippen molar-refractivity contribution in [2.45, 2.75) is 70.2 Å². The first-order chi connectivity index (χ1) is 11.8. The number of ether oxygens (including phenoxy) is 1. The van der Waals surface area contributed by atoms with Crippen LogP contribution in [0.15, 0.2) is 0 Å². The second-order valence-electron chi connectivity index (χ2n) is 8.68. The van der Waals surface area contributed by atoms with E-state index >= 15 is 0 Å². The Bertz CT molecular complexity index is 393. The minimum atomic E-state index is 0.366. The molecule has 0 amide bonds. The molecule has 0 aromatic heterocycles. The summed E-state index contributed by atoms with van der Waals surface area (Å²) in [5.74, 6) is 3.28. The van der Waals surface area contributed by atoms with Crippen LogP contribution in [0, 0.1) is 23.7 Å². The van der Waals surface area contributed by atoms with Gasteiger partial charge in [-0.25, -0.2) is 5.43 Å². The molecule has 0 bridgehead atoms. The van der Waals surface area contributed by atoms with Gasteiger partial charge in [0.25, 0.3) is 0 Å². The second-order valence-corrected chi connectivity index (χ2v) is 8.68. The lowest BCUT2D eigenvalue weighted by atomic mass is 9.69. The summed E-state index contributed by atoms with van der Waals surface area (Å²) in [6.45, 7) is 6.66. The molecule has 3 saturated heterocycles. The van der Waals surface area contributed by atoms with Gasteiger partial charge in [-0.15, -0.1) is 0 Å². The van der Waals surface area contributed by atoms with Gasteiger partial charge >= 0.3 is 0 Å². The summed E-state index contributed by atoms with van der Waals surface area (Å²) < 4.78 is 5.78. The topological polar surface area (TPSA) is 57.3 Å². The van der Waals surface area contributed by atoms with E-state index in [1.807, 2.05) is 0 Å². The normalized spacial score (nSPS) is 46.6. The SMILES string of the molecule is CC1CCC(C2NNC(NC[C@H]3CCCO3)C3CNCCC32)CC1. The predicted molar refractivity (Wildman–Crippen MR) is 96.4 cm³/mol. The smallest absolute Gasteiger partial charge is 0.0749 e. The van der Waals surface area contributed by atoms with Gasteiger partial charge in [0.1, 0.15) is 0 Å². The molecule has 4 fully saturated rings. The largest absolute Gasteiger partial charge is 0.377 e. The first-order valence-corrected chi connectivity index (χ1v) is 10.4. The van der Waals surface area contributed by atoms with Crippen molar-refractivity contribution >= 4 is 0 Å². The molecule has 24 heavy (non-hydrogen) atoms. The van der Waals surface area contributed by atoms with Crippen molar-refractivity contribution in [3.63, 3.8) is 0 Å². The predicted octanol–water partition coefficient (Wildman–Crippen LogP) is 1.61. The second kappa shape index (κ2) is 8.00. The first-order valence-electron chi connectivity index (χ1n) is 10.4. The molecular formula is C19H36N4O. The van der Waals surface area contributed by atoms with Crippen LogP contribution in [0.25, 0.3) is 0 Å². The maximum atomic E-state index is 5.78. The van der Waals surface area contributed by atoms with Gasteiger partial charge < -0.3 is 10.1 Å². The molecule has 4 N–H and O–H groups in total. The van der Waals surface area contributed by atoms with Crippen LogP contribution >= 0.6 is 0 Å². The van der Waals surface area contributed by atoms with Crippen LogP contribution in [0.2, 0.25) is 0 Å². The van der Waals surface area contributed by atoms with E-state index in [0.717, 1.165) is 37.5 Å². The third-order valence-electron chi connectivity index (χ3n) is 7.04. The average molecular weight is 337 g/mol. The number of nitrogens with one attached hydrogen (secondary N) is 4. The van der Waals surface area contributed by atoms with Crippen molar-refractivity contribution in [3.05, 3.63) is 0 Å². The number of fused-ring (bicyclic) bond motifs is 1. The summed E-state index contributed by atoms with van der Waals surface area (Å²) in [6.07, 6.45) is 10.2. The summed E-state index contributed by atoms with van der Waals surface area (Å²) in [5.41, 5.74) is 7.39. The van der Waals surface area contributed by atoms with Crippen LogP contribution in [0.5, 0.6) is 0 Å². The zero-order chi connectivity index (χ0) is 16.4. The van der Waals surface area contributed by atoms with E-state index in [1.165, 1.54) is 51.5 Å². The molecule has 5 nitrogen and oxygen atoms in total. The Hall–Kier alpha value is -0.200. The fraction of sp³-hybridized carbons (Fsp3) is 1.00. The first kappa shape index (κ1) is 17.2. The lowest BCUT2D eigenvalue weighted by molar-refractivity contribution is 0.0220. The van der Waals surface area contributed by atoms with Crippen molar-refractivity contribution < 1.29 is 4.74 Å². The summed E-state index contributed by atoms with van der Waals surface area (Å²) in [7, 11) is 0. The van der Waals surface area contributed by atoms with Crippen LogP contribution in [-0.4, -0.2) is 44.6 Å². The number of rotatable bonds is 4. The number of hydrazine groups is 1. The Morgan fingerprint density at radius 3 is 2.67 bits per heavy atom. The highest BCUT2D eigenvalue weighted by atomic mass is 16.5. The molecule has 0 aromatic carbocycles. The molecule has 0 aromatic rings. The van der Waals surface area contributed by atoms with E-state index in [-0.39, 0.29) is 0 Å². The Labute approximate surface area is 147 Å². The molecule has 3 heterocycles. The fourth-order valence-electron chi connectivity index (χ4n) is 5.49. The van der Waals surface area contributed by atoms with Crippen molar-refractivity contribution in [2.24, 2.45) is 23.7 Å². The van der Waals surface area contributed by atoms with Crippen LogP contribution < -0.4 is 21.5 Å². The third-order valence-corrected chi connectivity index (χ3v) is 7.04. The van der Waals surface area contributed by atoms with Gasteiger partial charge in [-0.1, -0.05) is 19.8 Å². The molecule has 138 valence electrons. The number of piperidine rings is 1. The highest BCUT2D eigenvalue weighted by Gasteiger charge is 2.43. The van der Waals surface area contributed by atoms with Crippen LogP contribution in [-0.2, 0) is 4.74 Å². The molecule has 5 heteroatoms. The molecule has 4 unspecified atom stereocenters. The summed E-state index contributed by atoms with van der Waals surface area (Å²) >= 11 is 0. The highest BCUT2D eigenvalue weighted by molar-refractivity contribution is 4.98. The van der Waals surface area contributed by atoms with Gasteiger partial charge in [0.15, 0.2) is 0 Å². The Morgan fingerprint density at radius 2 is 1.88 bits per heavy atom. The van der Waals surface area contributed by atoms with Gasteiger partial charge in [0.05, 0.1) is 12.3 Å². The monoisotopic (exact) mass is 336 g/mol. The molecular weight excluding hydrogens is 300 g/mol. The molecule has 3 aliphatic heterocycles. The van der Waals surface area contributed by atoms with E-state index in [4.69, 9.17) is 4.74 Å². The molecule has 0 spiro atoms. The quantitative estimate of drug-likeness (QED) is 0.628. The van der Waals surface area contributed by atoms with Crippen molar-refractivity contribution in [3.8, 4) is 0 Å². The van der Waals surface area contributed by atoms with Gasteiger partial charge in [0, 0.05) is 31.7 Å². The lowest BCUT2D eigenvalue weighted by Gasteiger charge is -2.50. The highest BCUT2D eigenvalue weighted by Crippen LogP contribution is 2.38. The van der Waals surface area contributed by atoms with Crippen LogP contribution in [0.4, 0.5) is 0 Å². The molecule has 1 aliphatic carbocycles. The van der Waals surface area contributed by atoms with E-state index < -0.39 is 0 Å². The van der Waals surface area contributed by atoms with Crippen LogP contribution in [0.1, 0.15) is 51.9 Å². The van der Waals surface area contributed by atoms with E-state index in [9.17, 15) is 0 Å². The third kappa shape index (κ3) is 3.80. The lowest BCUT2D eigenvalue weighted by Crippen LogP contribution is -2.70. The summed E-state index contributed by atoms with van der Waals surface area (Å²) in [6, 6.07) is 0.658. The fourth-order valence-corrected chi connectivity index (χ4v) is 5.49. The zero-order valence-electron chi connectivity index (χ0n) is 15.2. The van der Waals surface area contributed by atoms with Crippen molar-refractivity contribution in [1.82, 2.24) is 21.5 Å². The van der Waals surface area contributed by atoms with Gasteiger partial charge in [-0.2, -0.15) is 0 Å². The van der Waals surface area contributed by atoms with E-state index in [2.05, 4.69) is 28.4 Å². The molecule has 4 aliphatic rings.